The monoisotopic (exact) mass is 490 g/mol. The molecule has 3 aromatic rings. The number of carbonyl (C=O) groups is 2. The van der Waals surface area contributed by atoms with Gasteiger partial charge in [-0.3, -0.25) is 14.8 Å². The first-order valence-corrected chi connectivity index (χ1v) is 9.69. The highest BCUT2D eigenvalue weighted by atomic mass is 32.1. The van der Waals surface area contributed by atoms with Crippen molar-refractivity contribution >= 4 is 23.2 Å². The van der Waals surface area contributed by atoms with Gasteiger partial charge in [0.15, 0.2) is 0 Å². The molecule has 0 spiro atoms. The Labute approximate surface area is 185 Å². The van der Waals surface area contributed by atoms with Crippen molar-refractivity contribution in [2.45, 2.75) is 25.3 Å². The molecule has 7 nitrogen and oxygen atoms in total. The number of rotatable bonds is 5. The summed E-state index contributed by atoms with van der Waals surface area (Å²) >= 11 is 0.774. The van der Waals surface area contributed by atoms with E-state index in [9.17, 15) is 35.9 Å². The van der Waals surface area contributed by atoms with E-state index < -0.39 is 47.0 Å². The second-order valence-corrected chi connectivity index (χ2v) is 7.65. The van der Waals surface area contributed by atoms with Crippen molar-refractivity contribution in [3.05, 3.63) is 64.1 Å². The molecule has 0 aliphatic carbocycles. The lowest BCUT2D eigenvalue weighted by atomic mass is 10.0. The number of carbonyl (C=O) groups excluding carboxylic acids is 1. The lowest BCUT2D eigenvalue weighted by Crippen LogP contribution is -2.28. The van der Waals surface area contributed by atoms with E-state index in [1.807, 2.05) is 0 Å². The largest absolute Gasteiger partial charge is 0.477 e. The van der Waals surface area contributed by atoms with Crippen molar-refractivity contribution < 1.29 is 41.0 Å². The lowest BCUT2D eigenvalue weighted by Gasteiger charge is -2.17. The summed E-state index contributed by atoms with van der Waals surface area (Å²) in [5, 5.41) is 11.5. The molecule has 1 atom stereocenters. The maximum absolute atomic E-state index is 13.1. The molecule has 0 unspecified atom stereocenters. The average Bonchev–Trinajstić information content (AvgIpc) is 3.22. The van der Waals surface area contributed by atoms with E-state index in [1.54, 1.807) is 0 Å². The Kier molecular flexibility index (Phi) is 6.40. The van der Waals surface area contributed by atoms with E-state index in [4.69, 9.17) is 5.11 Å². The second kappa shape index (κ2) is 8.77. The Hall–Kier alpha value is -3.55. The predicted octanol–water partition coefficient (Wildman–Crippen LogP) is 4.83. The highest BCUT2D eigenvalue weighted by molar-refractivity contribution is 7.16. The van der Waals surface area contributed by atoms with Gasteiger partial charge < -0.3 is 10.4 Å². The van der Waals surface area contributed by atoms with Crippen LogP contribution in [0.4, 0.5) is 26.3 Å². The number of carboxylic acids is 1. The fraction of sp³-hybridized carbons (Fsp3) is 0.211. The van der Waals surface area contributed by atoms with Gasteiger partial charge in [-0.15, -0.1) is 11.3 Å². The summed E-state index contributed by atoms with van der Waals surface area (Å²) in [6, 6.07) is -0.477. The summed E-state index contributed by atoms with van der Waals surface area (Å²) in [6.45, 7) is 1.38. The molecule has 0 bridgehead atoms. The third-order valence-corrected chi connectivity index (χ3v) is 5.25. The Bertz CT molecular complexity index is 1180. The predicted molar refractivity (Wildman–Crippen MR) is 102 cm³/mol. The maximum Gasteiger partial charge on any atom is 0.416 e. The molecule has 2 N–H and O–H groups in total. The van der Waals surface area contributed by atoms with Gasteiger partial charge >= 0.3 is 18.3 Å². The first kappa shape index (κ1) is 24.1. The Morgan fingerprint density at radius 2 is 1.55 bits per heavy atom. The summed E-state index contributed by atoms with van der Waals surface area (Å²) in [6.07, 6.45) is -6.60. The molecule has 2 aromatic heterocycles. The molecule has 0 aliphatic rings. The smallest absolute Gasteiger partial charge is 0.416 e. The van der Waals surface area contributed by atoms with Gasteiger partial charge in [-0.25, -0.2) is 9.78 Å². The first-order chi connectivity index (χ1) is 15.3. The zero-order valence-corrected chi connectivity index (χ0v) is 17.1. The Morgan fingerprint density at radius 3 is 2.06 bits per heavy atom. The molecule has 33 heavy (non-hydrogen) atoms. The van der Waals surface area contributed by atoms with E-state index in [1.165, 1.54) is 19.3 Å². The third kappa shape index (κ3) is 5.45. The number of benzene rings is 1. The molecule has 174 valence electrons. The summed E-state index contributed by atoms with van der Waals surface area (Å²) in [4.78, 5) is 35.6. The average molecular weight is 490 g/mol. The molecule has 1 aromatic carbocycles. The molecule has 14 heteroatoms. The van der Waals surface area contributed by atoms with Crippen LogP contribution in [0, 0.1) is 0 Å². The second-order valence-electron chi connectivity index (χ2n) is 6.61. The standard InChI is InChI=1S/C19H12F6N4O3S/c1-8(13-14(27-3-2-26-13)16-28-7-12(33-16)17(31)32)29-15(30)9-4-10(18(20,21)22)6-11(5-9)19(23,24)25/h2-8H,1H3,(H,29,30)(H,31,32)/t8-/m1/s1. The van der Waals surface area contributed by atoms with Gasteiger partial charge in [-0.2, -0.15) is 26.3 Å². The van der Waals surface area contributed by atoms with Crippen LogP contribution in [0.25, 0.3) is 10.7 Å². The number of carboxylic acid groups (broad SMARTS) is 1. The van der Waals surface area contributed by atoms with Crippen LogP contribution in [-0.2, 0) is 12.4 Å². The van der Waals surface area contributed by atoms with Crippen molar-refractivity contribution in [3.63, 3.8) is 0 Å². The SMILES string of the molecule is C[C@@H](NC(=O)c1cc(C(F)(F)F)cc(C(F)(F)F)c1)c1nccnc1-c1ncc(C(=O)O)s1. The van der Waals surface area contributed by atoms with Crippen LogP contribution >= 0.6 is 11.3 Å². The molecule has 0 saturated carbocycles. The molecular formula is C19H12F6N4O3S. The molecule has 0 aliphatic heterocycles. The van der Waals surface area contributed by atoms with Gasteiger partial charge in [0.2, 0.25) is 0 Å². The van der Waals surface area contributed by atoms with Gasteiger partial charge in [0.1, 0.15) is 15.6 Å². The lowest BCUT2D eigenvalue weighted by molar-refractivity contribution is -0.143. The first-order valence-electron chi connectivity index (χ1n) is 8.88. The van der Waals surface area contributed by atoms with Gasteiger partial charge in [0, 0.05) is 18.0 Å². The minimum atomic E-state index is -5.10. The Balaban J connectivity index is 1.94. The number of aromatic carboxylic acids is 1. The minimum Gasteiger partial charge on any atom is -0.477 e. The Morgan fingerprint density at radius 1 is 0.970 bits per heavy atom. The molecule has 3 rings (SSSR count). The third-order valence-electron chi connectivity index (χ3n) is 4.25. The van der Waals surface area contributed by atoms with E-state index in [-0.39, 0.29) is 27.3 Å². The van der Waals surface area contributed by atoms with Gasteiger partial charge in [-0.1, -0.05) is 0 Å². The van der Waals surface area contributed by atoms with Crippen LogP contribution in [0.3, 0.4) is 0 Å². The topological polar surface area (TPSA) is 105 Å². The number of nitrogens with zero attached hydrogens (tertiary/aromatic N) is 3. The zero-order valence-electron chi connectivity index (χ0n) is 16.3. The molecule has 0 radical (unpaired) electrons. The van der Waals surface area contributed by atoms with E-state index in [0.717, 1.165) is 17.5 Å². The number of hydrogen-bond acceptors (Lipinski definition) is 6. The molecule has 0 saturated heterocycles. The minimum absolute atomic E-state index is 0.0799. The summed E-state index contributed by atoms with van der Waals surface area (Å²) in [5.41, 5.74) is -3.92. The normalized spacial score (nSPS) is 12.9. The summed E-state index contributed by atoms with van der Waals surface area (Å²) in [5.74, 6) is -2.43. The fourth-order valence-electron chi connectivity index (χ4n) is 2.75. The number of hydrogen-bond donors (Lipinski definition) is 2. The van der Waals surface area contributed by atoms with Crippen molar-refractivity contribution in [2.75, 3.05) is 0 Å². The number of halogens is 6. The van der Waals surface area contributed by atoms with Crippen LogP contribution in [-0.4, -0.2) is 31.9 Å². The quantitative estimate of drug-likeness (QED) is 0.497. The van der Waals surface area contributed by atoms with Gasteiger partial charge in [0.05, 0.1) is 29.1 Å². The molecule has 0 fully saturated rings. The van der Waals surface area contributed by atoms with E-state index >= 15 is 0 Å². The highest BCUT2D eigenvalue weighted by Crippen LogP contribution is 2.36. The molecule has 1 amide bonds. The number of thiazole rings is 1. The summed E-state index contributed by atoms with van der Waals surface area (Å²) in [7, 11) is 0. The molecule has 2 heterocycles. The van der Waals surface area contributed by atoms with E-state index in [0.29, 0.717) is 12.1 Å². The maximum atomic E-state index is 13.1. The van der Waals surface area contributed by atoms with Crippen molar-refractivity contribution in [3.8, 4) is 10.7 Å². The number of nitrogens with one attached hydrogen (secondary N) is 1. The fourth-order valence-corrected chi connectivity index (χ4v) is 3.51. The molecular weight excluding hydrogens is 478 g/mol. The van der Waals surface area contributed by atoms with E-state index in [2.05, 4.69) is 20.3 Å². The zero-order chi connectivity index (χ0) is 24.6. The van der Waals surface area contributed by atoms with Crippen LogP contribution in [0.1, 0.15) is 49.8 Å². The van der Waals surface area contributed by atoms with Crippen LogP contribution in [0.15, 0.2) is 36.8 Å². The number of aromatic nitrogens is 3. The van der Waals surface area contributed by atoms with Crippen LogP contribution in [0.5, 0.6) is 0 Å². The van der Waals surface area contributed by atoms with Gasteiger partial charge in [0.25, 0.3) is 5.91 Å². The summed E-state index contributed by atoms with van der Waals surface area (Å²) < 4.78 is 78.4. The van der Waals surface area contributed by atoms with Crippen molar-refractivity contribution in [1.82, 2.24) is 20.3 Å². The van der Waals surface area contributed by atoms with Gasteiger partial charge in [-0.05, 0) is 25.1 Å². The van der Waals surface area contributed by atoms with Crippen molar-refractivity contribution in [2.24, 2.45) is 0 Å². The van der Waals surface area contributed by atoms with Crippen LogP contribution in [0.2, 0.25) is 0 Å². The van der Waals surface area contributed by atoms with Crippen LogP contribution < -0.4 is 5.32 Å². The number of amides is 1. The number of alkyl halides is 6. The highest BCUT2D eigenvalue weighted by Gasteiger charge is 2.37. The van der Waals surface area contributed by atoms with Crippen molar-refractivity contribution in [1.29, 1.82) is 0 Å².